The Morgan fingerprint density at radius 1 is 1.33 bits per heavy atom. The first-order chi connectivity index (χ1) is 13.1. The van der Waals surface area contributed by atoms with Crippen molar-refractivity contribution >= 4 is 34.4 Å². The van der Waals surface area contributed by atoms with Crippen molar-refractivity contribution < 1.29 is 9.72 Å². The minimum absolute atomic E-state index is 0.0344. The van der Waals surface area contributed by atoms with Crippen LogP contribution in [-0.2, 0) is 0 Å². The molecule has 1 aromatic heterocycles. The van der Waals surface area contributed by atoms with Crippen LogP contribution in [0.5, 0.6) is 0 Å². The fourth-order valence-electron chi connectivity index (χ4n) is 3.56. The number of nitrogens with zero attached hydrogens (tertiary/aromatic N) is 3. The molecule has 1 saturated heterocycles. The molecule has 1 fully saturated rings. The van der Waals surface area contributed by atoms with Gasteiger partial charge >= 0.3 is 0 Å². The lowest BCUT2D eigenvalue weighted by Gasteiger charge is -2.23. The van der Waals surface area contributed by atoms with Crippen molar-refractivity contribution in [3.05, 3.63) is 64.0 Å². The zero-order valence-electron chi connectivity index (χ0n) is 14.7. The minimum atomic E-state index is -0.441. The highest BCUT2D eigenvalue weighted by Gasteiger charge is 2.33. The van der Waals surface area contributed by atoms with Crippen LogP contribution < -0.4 is 0 Å². The van der Waals surface area contributed by atoms with Gasteiger partial charge in [-0.05, 0) is 43.4 Å². The summed E-state index contributed by atoms with van der Waals surface area (Å²) in [5, 5.41) is 11.3. The third kappa shape index (κ3) is 3.16. The number of hydrogen-bond acceptors (Lipinski definition) is 5. The van der Waals surface area contributed by atoms with Gasteiger partial charge in [0.25, 0.3) is 11.6 Å². The Labute approximate surface area is 159 Å². The Hall–Kier alpha value is -2.87. The lowest BCUT2D eigenvalue weighted by Crippen LogP contribution is -2.31. The van der Waals surface area contributed by atoms with Crippen molar-refractivity contribution in [1.82, 2.24) is 14.9 Å². The molecule has 8 heteroatoms. The summed E-state index contributed by atoms with van der Waals surface area (Å²) in [4.78, 5) is 34.2. The van der Waals surface area contributed by atoms with Crippen molar-refractivity contribution in [2.24, 2.45) is 0 Å². The number of hydrogen-bond donors (Lipinski definition) is 1. The fourth-order valence-corrected chi connectivity index (χ4v) is 4.10. The highest BCUT2D eigenvalue weighted by molar-refractivity contribution is 7.98. The van der Waals surface area contributed by atoms with Crippen LogP contribution in [0.4, 0.5) is 5.69 Å². The normalized spacial score (nSPS) is 16.8. The van der Waals surface area contributed by atoms with Crippen molar-refractivity contribution in [1.29, 1.82) is 0 Å². The van der Waals surface area contributed by atoms with E-state index in [-0.39, 0.29) is 17.6 Å². The molecular weight excluding hydrogens is 364 g/mol. The molecule has 0 unspecified atom stereocenters. The van der Waals surface area contributed by atoms with Crippen LogP contribution in [0.1, 0.15) is 35.1 Å². The number of benzene rings is 2. The van der Waals surface area contributed by atoms with E-state index in [1.807, 2.05) is 24.3 Å². The topological polar surface area (TPSA) is 92.1 Å². The molecule has 27 heavy (non-hydrogen) atoms. The number of aromatic amines is 1. The zero-order valence-corrected chi connectivity index (χ0v) is 15.5. The lowest BCUT2D eigenvalue weighted by molar-refractivity contribution is -0.387. The third-order valence-corrected chi connectivity index (χ3v) is 5.64. The molecule has 0 radical (unpaired) electrons. The number of nitro groups is 1. The number of fused-ring (bicyclic) bond motifs is 1. The molecule has 1 N–H and O–H groups in total. The molecule has 1 atom stereocenters. The number of nitrogens with one attached hydrogen (secondary N) is 1. The number of rotatable bonds is 4. The Kier molecular flexibility index (Phi) is 4.57. The Bertz CT molecular complexity index is 1000. The van der Waals surface area contributed by atoms with E-state index in [0.29, 0.717) is 17.0 Å². The van der Waals surface area contributed by atoms with Gasteiger partial charge in [0.2, 0.25) is 0 Å². The van der Waals surface area contributed by atoms with Gasteiger partial charge in [0.1, 0.15) is 5.82 Å². The number of carbonyl (C=O) groups is 1. The first-order valence-corrected chi connectivity index (χ1v) is 9.89. The van der Waals surface area contributed by atoms with E-state index >= 15 is 0 Å². The Balaban J connectivity index is 1.66. The summed E-state index contributed by atoms with van der Waals surface area (Å²) in [6, 6.07) is 12.3. The predicted octanol–water partition coefficient (Wildman–Crippen LogP) is 4.17. The quantitative estimate of drug-likeness (QED) is 0.415. The number of nitro benzene ring substituents is 1. The maximum atomic E-state index is 13.1. The van der Waals surface area contributed by atoms with E-state index < -0.39 is 4.92 Å². The van der Waals surface area contributed by atoms with Crippen LogP contribution in [0, 0.1) is 10.1 Å². The molecule has 138 valence electrons. The number of amides is 1. The summed E-state index contributed by atoms with van der Waals surface area (Å²) in [7, 11) is 0. The molecule has 0 spiro atoms. The van der Waals surface area contributed by atoms with Gasteiger partial charge in [0.15, 0.2) is 0 Å². The smallest absolute Gasteiger partial charge is 0.283 e. The van der Waals surface area contributed by atoms with Crippen molar-refractivity contribution in [3.8, 4) is 0 Å². The number of thioether (sulfide) groups is 1. The summed E-state index contributed by atoms with van der Waals surface area (Å²) < 4.78 is 0. The maximum Gasteiger partial charge on any atom is 0.283 e. The van der Waals surface area contributed by atoms with Gasteiger partial charge in [-0.15, -0.1) is 11.8 Å². The molecule has 2 aromatic carbocycles. The second-order valence-corrected chi connectivity index (χ2v) is 7.29. The first-order valence-electron chi connectivity index (χ1n) is 8.66. The van der Waals surface area contributed by atoms with E-state index in [4.69, 9.17) is 0 Å². The summed E-state index contributed by atoms with van der Waals surface area (Å²) in [5.74, 6) is 0.561. The monoisotopic (exact) mass is 382 g/mol. The van der Waals surface area contributed by atoms with Crippen LogP contribution in [-0.4, -0.2) is 38.5 Å². The van der Waals surface area contributed by atoms with E-state index in [1.54, 1.807) is 23.3 Å². The molecule has 1 aliphatic rings. The molecule has 1 amide bonds. The maximum absolute atomic E-state index is 13.1. The van der Waals surface area contributed by atoms with Gasteiger partial charge in [-0.1, -0.05) is 12.1 Å². The zero-order chi connectivity index (χ0) is 19.0. The summed E-state index contributed by atoms with van der Waals surface area (Å²) in [6.45, 7) is 0.610. The van der Waals surface area contributed by atoms with Crippen LogP contribution in [0.15, 0.2) is 47.4 Å². The molecule has 3 aromatic rings. The van der Waals surface area contributed by atoms with Crippen molar-refractivity contribution in [3.63, 3.8) is 0 Å². The number of imidazole rings is 1. The molecule has 0 aliphatic carbocycles. The van der Waals surface area contributed by atoms with E-state index in [1.165, 1.54) is 17.8 Å². The second-order valence-electron chi connectivity index (χ2n) is 6.44. The number of aromatic nitrogens is 2. The highest BCUT2D eigenvalue weighted by Crippen LogP contribution is 2.34. The number of likely N-dealkylation sites (tertiary alicyclic amines) is 1. The number of carbonyl (C=O) groups excluding carboxylic acids is 1. The van der Waals surface area contributed by atoms with Gasteiger partial charge in [-0.3, -0.25) is 14.9 Å². The van der Waals surface area contributed by atoms with Gasteiger partial charge in [0, 0.05) is 18.2 Å². The van der Waals surface area contributed by atoms with Gasteiger partial charge < -0.3 is 9.88 Å². The Morgan fingerprint density at radius 3 is 2.89 bits per heavy atom. The van der Waals surface area contributed by atoms with Crippen LogP contribution >= 0.6 is 11.8 Å². The van der Waals surface area contributed by atoms with E-state index in [2.05, 4.69) is 9.97 Å². The SMILES string of the molecule is CSc1ccc(C(=O)N2CCC[C@@H]2c2nc3ccccc3[nH]2)cc1[N+](=O)[O-]. The summed E-state index contributed by atoms with van der Waals surface area (Å²) in [6.07, 6.45) is 3.47. The standard InChI is InChI=1S/C19H18N4O3S/c1-27-17-9-8-12(11-16(17)23(25)26)19(24)22-10-4-7-15(22)18-20-13-5-2-3-6-14(13)21-18/h2-3,5-6,8-9,11,15H,4,7,10H2,1H3,(H,20,21)/t15-/m1/s1. The third-order valence-electron chi connectivity index (χ3n) is 4.86. The molecule has 1 aliphatic heterocycles. The molecule has 4 rings (SSSR count). The van der Waals surface area contributed by atoms with Crippen molar-refractivity contribution in [2.45, 2.75) is 23.8 Å². The average molecular weight is 382 g/mol. The molecule has 0 bridgehead atoms. The number of para-hydroxylation sites is 2. The minimum Gasteiger partial charge on any atom is -0.340 e. The highest BCUT2D eigenvalue weighted by atomic mass is 32.2. The van der Waals surface area contributed by atoms with Crippen molar-refractivity contribution in [2.75, 3.05) is 12.8 Å². The van der Waals surface area contributed by atoms with Crippen LogP contribution in [0.2, 0.25) is 0 Å². The van der Waals surface area contributed by atoms with Crippen LogP contribution in [0.25, 0.3) is 11.0 Å². The molecule has 0 saturated carbocycles. The van der Waals surface area contributed by atoms with E-state index in [0.717, 1.165) is 29.7 Å². The average Bonchev–Trinajstić information content (AvgIpc) is 3.33. The second kappa shape index (κ2) is 7.03. The van der Waals surface area contributed by atoms with E-state index in [9.17, 15) is 14.9 Å². The summed E-state index contributed by atoms with van der Waals surface area (Å²) in [5.41, 5.74) is 2.11. The van der Waals surface area contributed by atoms with Crippen LogP contribution in [0.3, 0.4) is 0 Å². The summed E-state index contributed by atoms with van der Waals surface area (Å²) >= 11 is 1.29. The first kappa shape index (κ1) is 17.5. The Morgan fingerprint density at radius 2 is 2.15 bits per heavy atom. The fraction of sp³-hybridized carbons (Fsp3) is 0.263. The van der Waals surface area contributed by atoms with Gasteiger partial charge in [-0.25, -0.2) is 4.98 Å². The lowest BCUT2D eigenvalue weighted by atomic mass is 10.1. The molecular formula is C19H18N4O3S. The largest absolute Gasteiger partial charge is 0.340 e. The van der Waals surface area contributed by atoms with Gasteiger partial charge in [-0.2, -0.15) is 0 Å². The molecule has 2 heterocycles. The predicted molar refractivity (Wildman–Crippen MR) is 104 cm³/mol. The molecule has 7 nitrogen and oxygen atoms in total. The number of H-pyrrole nitrogens is 1. The van der Waals surface area contributed by atoms with Gasteiger partial charge in [0.05, 0.1) is 26.9 Å².